The number of hydrogen-bond donors (Lipinski definition) is 3. The molecule has 7 heteroatoms. The lowest BCUT2D eigenvalue weighted by atomic mass is 10.1. The maximum atomic E-state index is 5.71. The van der Waals surface area contributed by atoms with E-state index < -0.39 is 0 Å². The Bertz CT molecular complexity index is 944. The molecule has 0 bridgehead atoms. The molecule has 0 spiro atoms. The van der Waals surface area contributed by atoms with Crippen molar-refractivity contribution in [2.75, 3.05) is 33.2 Å². The fraction of sp³-hybridized carbons (Fsp3) is 0.435. The summed E-state index contributed by atoms with van der Waals surface area (Å²) in [5, 5.41) is 8.27. The largest absolute Gasteiger partial charge is 0.468 e. The van der Waals surface area contributed by atoms with E-state index in [4.69, 9.17) is 4.42 Å². The molecule has 30 heavy (non-hydrogen) atoms. The van der Waals surface area contributed by atoms with Crippen LogP contribution in [0.25, 0.3) is 10.9 Å². The lowest BCUT2D eigenvalue weighted by Crippen LogP contribution is -2.43. The van der Waals surface area contributed by atoms with Gasteiger partial charge in [-0.3, -0.25) is 9.89 Å². The highest BCUT2D eigenvalue weighted by molar-refractivity contribution is 14.0. The molecule has 1 saturated heterocycles. The van der Waals surface area contributed by atoms with Gasteiger partial charge in [0.25, 0.3) is 0 Å². The van der Waals surface area contributed by atoms with E-state index in [0.717, 1.165) is 44.3 Å². The lowest BCUT2D eigenvalue weighted by molar-refractivity contribution is 0.215. The van der Waals surface area contributed by atoms with E-state index in [-0.39, 0.29) is 30.0 Å². The van der Waals surface area contributed by atoms with Gasteiger partial charge in [0.2, 0.25) is 0 Å². The van der Waals surface area contributed by atoms with E-state index >= 15 is 0 Å². The molecule has 1 aromatic carbocycles. The zero-order chi connectivity index (χ0) is 20.1. The summed E-state index contributed by atoms with van der Waals surface area (Å²) >= 11 is 0. The number of halogens is 1. The summed E-state index contributed by atoms with van der Waals surface area (Å²) in [5.74, 6) is 1.85. The topological polar surface area (TPSA) is 68.6 Å². The second-order valence-electron chi connectivity index (χ2n) is 7.68. The minimum Gasteiger partial charge on any atom is -0.468 e. The normalized spacial score (nSPS) is 15.9. The predicted molar refractivity (Wildman–Crippen MR) is 134 cm³/mol. The number of hydrogen-bond acceptors (Lipinski definition) is 3. The van der Waals surface area contributed by atoms with Gasteiger partial charge in [0.15, 0.2) is 5.96 Å². The van der Waals surface area contributed by atoms with Crippen molar-refractivity contribution < 1.29 is 4.42 Å². The molecular weight excluding hydrogens is 489 g/mol. The molecule has 162 valence electrons. The number of para-hydroxylation sites is 1. The van der Waals surface area contributed by atoms with Crippen molar-refractivity contribution in [3.8, 4) is 0 Å². The number of H-pyrrole nitrogens is 1. The van der Waals surface area contributed by atoms with Crippen LogP contribution in [0.5, 0.6) is 0 Å². The number of aromatic amines is 1. The van der Waals surface area contributed by atoms with E-state index in [9.17, 15) is 0 Å². The van der Waals surface area contributed by atoms with Gasteiger partial charge in [-0.25, -0.2) is 0 Å². The van der Waals surface area contributed by atoms with Crippen molar-refractivity contribution >= 4 is 40.8 Å². The van der Waals surface area contributed by atoms with Crippen LogP contribution in [0, 0.1) is 6.92 Å². The highest BCUT2D eigenvalue weighted by atomic mass is 127. The average Bonchev–Trinajstić information content (AvgIpc) is 3.49. The van der Waals surface area contributed by atoms with Gasteiger partial charge in [-0.05, 0) is 63.0 Å². The Labute approximate surface area is 195 Å². The van der Waals surface area contributed by atoms with Gasteiger partial charge in [0, 0.05) is 36.7 Å². The van der Waals surface area contributed by atoms with Gasteiger partial charge in [-0.1, -0.05) is 18.2 Å². The van der Waals surface area contributed by atoms with Gasteiger partial charge < -0.3 is 20.0 Å². The first-order chi connectivity index (χ1) is 14.3. The van der Waals surface area contributed by atoms with Crippen LogP contribution in [0.2, 0.25) is 0 Å². The predicted octanol–water partition coefficient (Wildman–Crippen LogP) is 4.23. The van der Waals surface area contributed by atoms with Gasteiger partial charge in [-0.15, -0.1) is 24.0 Å². The highest BCUT2D eigenvalue weighted by Gasteiger charge is 2.25. The molecule has 1 aliphatic rings. The number of guanidine groups is 1. The third-order valence-electron chi connectivity index (χ3n) is 5.83. The number of aryl methyl sites for hydroxylation is 1. The zero-order valence-corrected chi connectivity index (χ0v) is 20.1. The number of likely N-dealkylation sites (tertiary alicyclic amines) is 1. The van der Waals surface area contributed by atoms with Crippen molar-refractivity contribution in [3.05, 3.63) is 59.7 Å². The van der Waals surface area contributed by atoms with Crippen molar-refractivity contribution in [3.63, 3.8) is 0 Å². The summed E-state index contributed by atoms with van der Waals surface area (Å²) in [6.07, 6.45) is 5.22. The molecule has 0 saturated carbocycles. The van der Waals surface area contributed by atoms with E-state index in [0.29, 0.717) is 0 Å². The third kappa shape index (κ3) is 5.18. The second-order valence-corrected chi connectivity index (χ2v) is 7.68. The van der Waals surface area contributed by atoms with Crippen molar-refractivity contribution in [2.45, 2.75) is 32.2 Å². The molecule has 2 aromatic heterocycles. The Hall–Kier alpha value is -2.00. The van der Waals surface area contributed by atoms with Crippen LogP contribution >= 0.6 is 24.0 Å². The smallest absolute Gasteiger partial charge is 0.191 e. The molecule has 1 fully saturated rings. The summed E-state index contributed by atoms with van der Waals surface area (Å²) in [5.41, 5.74) is 3.81. The van der Waals surface area contributed by atoms with Crippen LogP contribution in [0.4, 0.5) is 0 Å². The van der Waals surface area contributed by atoms with Crippen LogP contribution in [-0.4, -0.2) is 49.1 Å². The van der Waals surface area contributed by atoms with Crippen LogP contribution < -0.4 is 10.6 Å². The molecule has 1 atom stereocenters. The molecule has 1 aliphatic heterocycles. The van der Waals surface area contributed by atoms with Crippen molar-refractivity contribution in [2.24, 2.45) is 4.99 Å². The molecule has 0 amide bonds. The Morgan fingerprint density at radius 3 is 2.70 bits per heavy atom. The zero-order valence-electron chi connectivity index (χ0n) is 17.8. The van der Waals surface area contributed by atoms with E-state index in [1.807, 2.05) is 13.1 Å². The number of nitrogens with one attached hydrogen (secondary N) is 3. The molecule has 3 N–H and O–H groups in total. The maximum Gasteiger partial charge on any atom is 0.191 e. The van der Waals surface area contributed by atoms with E-state index in [2.05, 4.69) is 62.8 Å². The van der Waals surface area contributed by atoms with Gasteiger partial charge in [0.1, 0.15) is 5.76 Å². The molecule has 1 unspecified atom stereocenters. The number of nitrogens with zero attached hydrogens (tertiary/aromatic N) is 2. The number of rotatable bonds is 7. The fourth-order valence-electron chi connectivity index (χ4n) is 4.32. The second kappa shape index (κ2) is 10.9. The van der Waals surface area contributed by atoms with Crippen molar-refractivity contribution in [1.82, 2.24) is 20.5 Å². The Morgan fingerprint density at radius 2 is 1.97 bits per heavy atom. The van der Waals surface area contributed by atoms with Crippen LogP contribution in [0.3, 0.4) is 0 Å². The summed E-state index contributed by atoms with van der Waals surface area (Å²) < 4.78 is 5.71. The molecule has 0 radical (unpaired) electrons. The standard InChI is InChI=1S/C23H31N5O.HI/c1-17-18(19-8-3-4-9-20(19)27-17)11-12-25-23(24-2)26-16-21(22-10-7-15-29-22)28-13-5-6-14-28;/h3-4,7-10,15,21,27H,5-6,11-14,16H2,1-2H3,(H2,24,25,26);1H. The summed E-state index contributed by atoms with van der Waals surface area (Å²) in [7, 11) is 1.82. The van der Waals surface area contributed by atoms with Crippen LogP contribution in [-0.2, 0) is 6.42 Å². The Balaban J connectivity index is 0.00000256. The molecule has 4 rings (SSSR count). The SMILES string of the molecule is CN=C(NCCc1c(C)[nH]c2ccccc12)NCC(c1ccco1)N1CCCC1.I. The molecule has 3 heterocycles. The Kier molecular flexibility index (Phi) is 8.21. The summed E-state index contributed by atoms with van der Waals surface area (Å²) in [6, 6.07) is 12.8. The number of furan rings is 1. The van der Waals surface area contributed by atoms with Crippen molar-refractivity contribution in [1.29, 1.82) is 0 Å². The average molecular weight is 521 g/mol. The Morgan fingerprint density at radius 1 is 1.17 bits per heavy atom. The molecule has 0 aliphatic carbocycles. The number of benzene rings is 1. The van der Waals surface area contributed by atoms with Crippen LogP contribution in [0.15, 0.2) is 52.1 Å². The first kappa shape index (κ1) is 22.7. The molecular formula is C23H32IN5O. The van der Waals surface area contributed by atoms with Crippen LogP contribution in [0.1, 0.15) is 35.9 Å². The maximum absolute atomic E-state index is 5.71. The van der Waals surface area contributed by atoms with E-state index in [1.165, 1.54) is 35.0 Å². The monoisotopic (exact) mass is 521 g/mol. The number of aromatic nitrogens is 1. The lowest BCUT2D eigenvalue weighted by Gasteiger charge is -2.26. The number of fused-ring (bicyclic) bond motifs is 1. The summed E-state index contributed by atoms with van der Waals surface area (Å²) in [6.45, 7) is 6.00. The quantitative estimate of drug-likeness (QED) is 0.247. The van der Waals surface area contributed by atoms with Gasteiger partial charge in [-0.2, -0.15) is 0 Å². The van der Waals surface area contributed by atoms with Gasteiger partial charge in [0.05, 0.1) is 12.3 Å². The van der Waals surface area contributed by atoms with Gasteiger partial charge >= 0.3 is 0 Å². The summed E-state index contributed by atoms with van der Waals surface area (Å²) in [4.78, 5) is 10.4. The third-order valence-corrected chi connectivity index (χ3v) is 5.83. The molecule has 3 aromatic rings. The minimum absolute atomic E-state index is 0. The first-order valence-corrected chi connectivity index (χ1v) is 10.5. The first-order valence-electron chi connectivity index (χ1n) is 10.5. The minimum atomic E-state index is 0. The van der Waals surface area contributed by atoms with E-state index in [1.54, 1.807) is 6.26 Å². The highest BCUT2D eigenvalue weighted by Crippen LogP contribution is 2.25. The fourth-order valence-corrected chi connectivity index (χ4v) is 4.32. The molecule has 6 nitrogen and oxygen atoms in total. The number of aliphatic imine (C=N–C) groups is 1.